The summed E-state index contributed by atoms with van der Waals surface area (Å²) in [6.45, 7) is 0. The van der Waals surface area contributed by atoms with Crippen molar-refractivity contribution in [2.75, 3.05) is 0 Å². The highest BCUT2D eigenvalue weighted by molar-refractivity contribution is 5.88. The van der Waals surface area contributed by atoms with Crippen LogP contribution in [0.5, 0.6) is 11.5 Å². The molecule has 3 aromatic rings. The second-order valence-electron chi connectivity index (χ2n) is 3.76. The third kappa shape index (κ3) is 1.97. The molecular formula is C15H11NO. The van der Waals surface area contributed by atoms with E-state index in [1.54, 1.807) is 12.4 Å². The predicted octanol–water partition coefficient (Wildman–Crippen LogP) is 4.03. The van der Waals surface area contributed by atoms with Gasteiger partial charge in [0.1, 0.15) is 11.5 Å². The fraction of sp³-hybridized carbons (Fsp3) is 0. The van der Waals surface area contributed by atoms with Crippen molar-refractivity contribution in [1.29, 1.82) is 0 Å². The third-order valence-corrected chi connectivity index (χ3v) is 2.63. The average Bonchev–Trinajstić information content (AvgIpc) is 2.40. The van der Waals surface area contributed by atoms with Crippen molar-refractivity contribution in [3.05, 3.63) is 67.0 Å². The molecule has 0 aliphatic rings. The smallest absolute Gasteiger partial charge is 0.135 e. The lowest BCUT2D eigenvalue weighted by Crippen LogP contribution is -1.85. The van der Waals surface area contributed by atoms with Gasteiger partial charge in [-0.3, -0.25) is 4.98 Å². The topological polar surface area (TPSA) is 22.1 Å². The Hall–Kier alpha value is -2.35. The quantitative estimate of drug-likeness (QED) is 0.651. The summed E-state index contributed by atoms with van der Waals surface area (Å²) in [5.74, 6) is 1.67. The van der Waals surface area contributed by atoms with Gasteiger partial charge in [-0.05, 0) is 23.6 Å². The van der Waals surface area contributed by atoms with Crippen molar-refractivity contribution in [2.45, 2.75) is 0 Å². The Morgan fingerprint density at radius 3 is 2.41 bits per heavy atom. The maximum atomic E-state index is 5.85. The molecule has 2 nitrogen and oxygen atoms in total. The molecule has 0 saturated heterocycles. The van der Waals surface area contributed by atoms with Gasteiger partial charge in [-0.15, -0.1) is 0 Å². The van der Waals surface area contributed by atoms with Crippen LogP contribution in [0.1, 0.15) is 0 Å². The first-order chi connectivity index (χ1) is 8.43. The van der Waals surface area contributed by atoms with Gasteiger partial charge in [-0.25, -0.2) is 0 Å². The second kappa shape index (κ2) is 4.26. The van der Waals surface area contributed by atoms with Crippen molar-refractivity contribution in [3.63, 3.8) is 0 Å². The molecule has 0 aliphatic heterocycles. The molecule has 0 N–H and O–H groups in total. The standard InChI is InChI=1S/C15H11NO/c1-2-6-14-12(4-1)5-3-7-15(14)17-13-8-10-16-11-9-13/h1-11H. The first kappa shape index (κ1) is 9.85. The molecule has 17 heavy (non-hydrogen) atoms. The zero-order valence-electron chi connectivity index (χ0n) is 9.21. The Morgan fingerprint density at radius 1 is 0.765 bits per heavy atom. The highest BCUT2D eigenvalue weighted by Gasteiger charge is 2.01. The number of hydrogen-bond donors (Lipinski definition) is 0. The Balaban J connectivity index is 2.06. The molecule has 0 radical (unpaired) electrons. The zero-order chi connectivity index (χ0) is 11.5. The summed E-state index contributed by atoms with van der Waals surface area (Å²) in [6.07, 6.45) is 3.45. The van der Waals surface area contributed by atoms with E-state index in [1.165, 1.54) is 5.39 Å². The van der Waals surface area contributed by atoms with Gasteiger partial charge in [0, 0.05) is 17.8 Å². The van der Waals surface area contributed by atoms with Gasteiger partial charge < -0.3 is 4.74 Å². The minimum atomic E-state index is 0.802. The van der Waals surface area contributed by atoms with Crippen LogP contribution in [-0.2, 0) is 0 Å². The molecule has 0 aliphatic carbocycles. The third-order valence-electron chi connectivity index (χ3n) is 2.63. The first-order valence-electron chi connectivity index (χ1n) is 5.49. The van der Waals surface area contributed by atoms with E-state index in [-0.39, 0.29) is 0 Å². The minimum Gasteiger partial charge on any atom is -0.457 e. The molecule has 82 valence electrons. The van der Waals surface area contributed by atoms with Crippen molar-refractivity contribution in [3.8, 4) is 11.5 Å². The minimum absolute atomic E-state index is 0.802. The van der Waals surface area contributed by atoms with Gasteiger partial charge >= 0.3 is 0 Å². The molecule has 0 amide bonds. The SMILES string of the molecule is c1ccc2c(Oc3ccncc3)cccc2c1. The van der Waals surface area contributed by atoms with Gasteiger partial charge in [0.25, 0.3) is 0 Å². The number of hydrogen-bond acceptors (Lipinski definition) is 2. The number of aromatic nitrogens is 1. The fourth-order valence-electron chi connectivity index (χ4n) is 1.82. The van der Waals surface area contributed by atoms with Crippen LogP contribution in [-0.4, -0.2) is 4.98 Å². The average molecular weight is 221 g/mol. The molecule has 2 heteroatoms. The van der Waals surface area contributed by atoms with Gasteiger partial charge in [0.05, 0.1) is 0 Å². The maximum Gasteiger partial charge on any atom is 0.135 e. The molecule has 2 aromatic carbocycles. The second-order valence-corrected chi connectivity index (χ2v) is 3.76. The highest BCUT2D eigenvalue weighted by Crippen LogP contribution is 2.29. The van der Waals surface area contributed by atoms with Crippen LogP contribution in [0, 0.1) is 0 Å². The van der Waals surface area contributed by atoms with Crippen LogP contribution in [0.2, 0.25) is 0 Å². The van der Waals surface area contributed by atoms with Gasteiger partial charge in [0.15, 0.2) is 0 Å². The van der Waals surface area contributed by atoms with E-state index < -0.39 is 0 Å². The molecule has 0 spiro atoms. The molecule has 0 unspecified atom stereocenters. The van der Waals surface area contributed by atoms with E-state index in [4.69, 9.17) is 4.74 Å². The molecular weight excluding hydrogens is 210 g/mol. The Labute approximate surface area is 99.5 Å². The van der Waals surface area contributed by atoms with Crippen LogP contribution in [0.4, 0.5) is 0 Å². The molecule has 1 aromatic heterocycles. The Bertz CT molecular complexity index is 629. The molecule has 3 rings (SSSR count). The lowest BCUT2D eigenvalue weighted by atomic mass is 10.1. The molecule has 0 saturated carbocycles. The largest absolute Gasteiger partial charge is 0.457 e. The number of nitrogens with zero attached hydrogens (tertiary/aromatic N) is 1. The Morgan fingerprint density at radius 2 is 1.53 bits per heavy atom. The summed E-state index contributed by atoms with van der Waals surface area (Å²) in [5, 5.41) is 2.30. The normalized spacial score (nSPS) is 10.4. The maximum absolute atomic E-state index is 5.85. The molecule has 1 heterocycles. The molecule has 0 bridgehead atoms. The van der Waals surface area contributed by atoms with Crippen LogP contribution in [0.25, 0.3) is 10.8 Å². The van der Waals surface area contributed by atoms with Crippen LogP contribution in [0.15, 0.2) is 67.0 Å². The monoisotopic (exact) mass is 221 g/mol. The number of rotatable bonds is 2. The van der Waals surface area contributed by atoms with Crippen molar-refractivity contribution >= 4 is 10.8 Å². The Kier molecular flexibility index (Phi) is 2.47. The van der Waals surface area contributed by atoms with Crippen LogP contribution in [0.3, 0.4) is 0 Å². The van der Waals surface area contributed by atoms with E-state index in [0.29, 0.717) is 0 Å². The van der Waals surface area contributed by atoms with Crippen molar-refractivity contribution in [1.82, 2.24) is 4.98 Å². The van der Waals surface area contributed by atoms with Crippen LogP contribution < -0.4 is 4.74 Å². The number of benzene rings is 2. The summed E-state index contributed by atoms with van der Waals surface area (Å²) >= 11 is 0. The zero-order valence-corrected chi connectivity index (χ0v) is 9.21. The van der Waals surface area contributed by atoms with E-state index >= 15 is 0 Å². The number of fused-ring (bicyclic) bond motifs is 1. The lowest BCUT2D eigenvalue weighted by Gasteiger charge is -2.08. The van der Waals surface area contributed by atoms with E-state index in [2.05, 4.69) is 23.2 Å². The van der Waals surface area contributed by atoms with Crippen molar-refractivity contribution in [2.24, 2.45) is 0 Å². The van der Waals surface area contributed by atoms with E-state index in [1.807, 2.05) is 36.4 Å². The lowest BCUT2D eigenvalue weighted by molar-refractivity contribution is 0.487. The van der Waals surface area contributed by atoms with Gasteiger partial charge in [-0.1, -0.05) is 36.4 Å². The van der Waals surface area contributed by atoms with Crippen molar-refractivity contribution < 1.29 is 4.74 Å². The summed E-state index contributed by atoms with van der Waals surface area (Å²) in [7, 11) is 0. The number of pyridine rings is 1. The number of ether oxygens (including phenoxy) is 1. The summed E-state index contributed by atoms with van der Waals surface area (Å²) in [5.41, 5.74) is 0. The van der Waals surface area contributed by atoms with Crippen LogP contribution >= 0.6 is 0 Å². The fourth-order valence-corrected chi connectivity index (χ4v) is 1.82. The summed E-state index contributed by atoms with van der Waals surface area (Å²) < 4.78 is 5.85. The first-order valence-corrected chi connectivity index (χ1v) is 5.49. The van der Waals surface area contributed by atoms with Gasteiger partial charge in [0.2, 0.25) is 0 Å². The van der Waals surface area contributed by atoms with Gasteiger partial charge in [-0.2, -0.15) is 0 Å². The molecule has 0 fully saturated rings. The van der Waals surface area contributed by atoms with E-state index in [9.17, 15) is 0 Å². The summed E-state index contributed by atoms with van der Waals surface area (Å²) in [4.78, 5) is 3.97. The highest BCUT2D eigenvalue weighted by atomic mass is 16.5. The predicted molar refractivity (Wildman–Crippen MR) is 68.3 cm³/mol. The van der Waals surface area contributed by atoms with E-state index in [0.717, 1.165) is 16.9 Å². The summed E-state index contributed by atoms with van der Waals surface area (Å²) in [6, 6.07) is 17.9. The molecule has 0 atom stereocenters.